The summed E-state index contributed by atoms with van der Waals surface area (Å²) in [7, 11) is -3.04. The van der Waals surface area contributed by atoms with Crippen molar-refractivity contribution in [3.8, 4) is 0 Å². The molecular weight excluding hydrogens is 324 g/mol. The van der Waals surface area contributed by atoms with Gasteiger partial charge in [-0.1, -0.05) is 19.8 Å². The molecule has 1 saturated carbocycles. The van der Waals surface area contributed by atoms with Gasteiger partial charge in [0.2, 0.25) is 10.0 Å². The Morgan fingerprint density at radius 2 is 1.92 bits per heavy atom. The van der Waals surface area contributed by atoms with Gasteiger partial charge >= 0.3 is 0 Å². The summed E-state index contributed by atoms with van der Waals surface area (Å²) in [5.74, 6) is 2.19. The Morgan fingerprint density at radius 1 is 1.21 bits per heavy atom. The van der Waals surface area contributed by atoms with Gasteiger partial charge in [-0.2, -0.15) is 0 Å². The standard InChI is InChI=1S/C17H34N4O2S/c1-4-18-17(20-16-7-5-6-14(2)12-16)19-13-15-8-10-21(11-9-15)24(3,22)23/h14-16H,4-13H2,1-3H3,(H2,18,19,20). The Bertz CT molecular complexity index is 513. The van der Waals surface area contributed by atoms with Crippen LogP contribution in [0.3, 0.4) is 0 Å². The van der Waals surface area contributed by atoms with Gasteiger partial charge in [0.1, 0.15) is 0 Å². The normalized spacial score (nSPS) is 27.9. The van der Waals surface area contributed by atoms with Crippen molar-refractivity contribution in [1.29, 1.82) is 0 Å². The molecule has 2 atom stereocenters. The van der Waals surface area contributed by atoms with Crippen LogP contribution in [0.4, 0.5) is 0 Å². The van der Waals surface area contributed by atoms with Crippen LogP contribution in [0.5, 0.6) is 0 Å². The molecule has 0 bridgehead atoms. The Labute approximate surface area is 147 Å². The molecular formula is C17H34N4O2S. The number of rotatable bonds is 5. The summed E-state index contributed by atoms with van der Waals surface area (Å²) in [4.78, 5) is 4.77. The zero-order valence-corrected chi connectivity index (χ0v) is 16.2. The SMILES string of the molecule is CCNC(=NCC1CCN(S(C)(=O)=O)CC1)NC1CCCC(C)C1. The third-order valence-electron chi connectivity index (χ3n) is 5.17. The van der Waals surface area contributed by atoms with E-state index in [9.17, 15) is 8.42 Å². The smallest absolute Gasteiger partial charge is 0.211 e. The highest BCUT2D eigenvalue weighted by molar-refractivity contribution is 7.88. The lowest BCUT2D eigenvalue weighted by molar-refractivity contribution is 0.279. The first-order valence-electron chi connectivity index (χ1n) is 9.38. The second-order valence-electron chi connectivity index (χ2n) is 7.44. The van der Waals surface area contributed by atoms with Gasteiger partial charge in [0.05, 0.1) is 6.26 Å². The fraction of sp³-hybridized carbons (Fsp3) is 0.941. The minimum Gasteiger partial charge on any atom is -0.357 e. The van der Waals surface area contributed by atoms with Crippen molar-refractivity contribution >= 4 is 16.0 Å². The second kappa shape index (κ2) is 9.04. The molecule has 2 fully saturated rings. The monoisotopic (exact) mass is 358 g/mol. The maximum atomic E-state index is 11.6. The van der Waals surface area contributed by atoms with Gasteiger partial charge in [0, 0.05) is 32.2 Å². The molecule has 0 aromatic heterocycles. The fourth-order valence-corrected chi connectivity index (χ4v) is 4.60. The first kappa shape index (κ1) is 19.5. The molecule has 1 aliphatic carbocycles. The van der Waals surface area contributed by atoms with Crippen molar-refractivity contribution < 1.29 is 8.42 Å². The molecule has 0 aromatic carbocycles. The topological polar surface area (TPSA) is 73.8 Å². The number of hydrogen-bond acceptors (Lipinski definition) is 3. The predicted octanol–water partition coefficient (Wildman–Crippen LogP) is 1.79. The summed E-state index contributed by atoms with van der Waals surface area (Å²) in [5.41, 5.74) is 0. The molecule has 2 aliphatic rings. The van der Waals surface area contributed by atoms with Gasteiger partial charge in [-0.3, -0.25) is 4.99 Å². The summed E-state index contributed by atoms with van der Waals surface area (Å²) in [5, 5.41) is 6.94. The van der Waals surface area contributed by atoms with E-state index in [0.29, 0.717) is 25.0 Å². The van der Waals surface area contributed by atoms with E-state index < -0.39 is 10.0 Å². The highest BCUT2D eigenvalue weighted by Crippen LogP contribution is 2.23. The molecule has 0 aromatic rings. The van der Waals surface area contributed by atoms with E-state index in [1.54, 1.807) is 4.31 Å². The molecule has 0 spiro atoms. The quantitative estimate of drug-likeness (QED) is 0.580. The van der Waals surface area contributed by atoms with Crippen LogP contribution < -0.4 is 10.6 Å². The van der Waals surface area contributed by atoms with E-state index in [4.69, 9.17) is 4.99 Å². The van der Waals surface area contributed by atoms with Gasteiger partial charge in [0.15, 0.2) is 5.96 Å². The van der Waals surface area contributed by atoms with Crippen LogP contribution in [0.2, 0.25) is 0 Å². The Morgan fingerprint density at radius 3 is 2.50 bits per heavy atom. The highest BCUT2D eigenvalue weighted by atomic mass is 32.2. The number of nitrogens with zero attached hydrogens (tertiary/aromatic N) is 2. The average molecular weight is 359 g/mol. The van der Waals surface area contributed by atoms with Gasteiger partial charge in [-0.25, -0.2) is 12.7 Å². The van der Waals surface area contributed by atoms with Crippen molar-refractivity contribution in [2.24, 2.45) is 16.8 Å². The Hall–Kier alpha value is -0.820. The summed E-state index contributed by atoms with van der Waals surface area (Å²) in [6.45, 7) is 7.31. The molecule has 1 saturated heterocycles. The number of sulfonamides is 1. The number of aliphatic imine (C=N–C) groups is 1. The average Bonchev–Trinajstić information content (AvgIpc) is 2.52. The fourth-order valence-electron chi connectivity index (χ4n) is 3.72. The first-order chi connectivity index (χ1) is 11.4. The molecule has 6 nitrogen and oxygen atoms in total. The van der Waals surface area contributed by atoms with E-state index in [1.165, 1.54) is 31.9 Å². The zero-order chi connectivity index (χ0) is 17.6. The van der Waals surface area contributed by atoms with E-state index in [1.807, 2.05) is 0 Å². The number of nitrogens with one attached hydrogen (secondary N) is 2. The van der Waals surface area contributed by atoms with E-state index in [-0.39, 0.29) is 0 Å². The third kappa shape index (κ3) is 6.24. The minimum absolute atomic E-state index is 0.476. The molecule has 1 heterocycles. The molecule has 7 heteroatoms. The van der Waals surface area contributed by atoms with E-state index >= 15 is 0 Å². The lowest BCUT2D eigenvalue weighted by Crippen LogP contribution is -2.45. The van der Waals surface area contributed by atoms with Gasteiger partial charge < -0.3 is 10.6 Å². The summed E-state index contributed by atoms with van der Waals surface area (Å²) >= 11 is 0. The number of hydrogen-bond donors (Lipinski definition) is 2. The molecule has 0 radical (unpaired) electrons. The Kier molecular flexibility index (Phi) is 7.34. The van der Waals surface area contributed by atoms with Crippen LogP contribution in [0.15, 0.2) is 4.99 Å². The van der Waals surface area contributed by atoms with Gasteiger partial charge in [-0.15, -0.1) is 0 Å². The summed E-state index contributed by atoms with van der Waals surface area (Å²) in [6, 6.07) is 0.527. The maximum absolute atomic E-state index is 11.6. The molecule has 2 N–H and O–H groups in total. The third-order valence-corrected chi connectivity index (χ3v) is 6.47. The highest BCUT2D eigenvalue weighted by Gasteiger charge is 2.25. The van der Waals surface area contributed by atoms with E-state index in [0.717, 1.165) is 37.8 Å². The van der Waals surface area contributed by atoms with Crippen molar-refractivity contribution in [3.05, 3.63) is 0 Å². The van der Waals surface area contributed by atoms with Crippen LogP contribution in [0.25, 0.3) is 0 Å². The molecule has 2 unspecified atom stereocenters. The van der Waals surface area contributed by atoms with Crippen LogP contribution >= 0.6 is 0 Å². The van der Waals surface area contributed by atoms with Crippen LogP contribution in [-0.4, -0.2) is 57.2 Å². The Balaban J connectivity index is 1.83. The van der Waals surface area contributed by atoms with Crippen molar-refractivity contribution in [1.82, 2.24) is 14.9 Å². The van der Waals surface area contributed by atoms with Crippen molar-refractivity contribution in [2.45, 2.75) is 58.4 Å². The number of piperidine rings is 1. The lowest BCUT2D eigenvalue weighted by Gasteiger charge is -2.30. The largest absolute Gasteiger partial charge is 0.357 e. The van der Waals surface area contributed by atoms with Crippen LogP contribution in [-0.2, 0) is 10.0 Å². The molecule has 140 valence electrons. The van der Waals surface area contributed by atoms with Crippen LogP contribution in [0, 0.1) is 11.8 Å². The lowest BCUT2D eigenvalue weighted by atomic mass is 9.87. The second-order valence-corrected chi connectivity index (χ2v) is 9.42. The predicted molar refractivity (Wildman–Crippen MR) is 99.7 cm³/mol. The molecule has 0 amide bonds. The summed E-state index contributed by atoms with van der Waals surface area (Å²) in [6.07, 6.45) is 8.17. The zero-order valence-electron chi connectivity index (χ0n) is 15.4. The first-order valence-corrected chi connectivity index (χ1v) is 11.2. The molecule has 1 aliphatic heterocycles. The minimum atomic E-state index is -3.04. The van der Waals surface area contributed by atoms with Gasteiger partial charge in [-0.05, 0) is 44.4 Å². The number of guanidine groups is 1. The van der Waals surface area contributed by atoms with Crippen molar-refractivity contribution in [2.75, 3.05) is 32.4 Å². The maximum Gasteiger partial charge on any atom is 0.211 e. The summed E-state index contributed by atoms with van der Waals surface area (Å²) < 4.78 is 24.7. The van der Waals surface area contributed by atoms with Crippen LogP contribution in [0.1, 0.15) is 52.4 Å². The van der Waals surface area contributed by atoms with Crippen molar-refractivity contribution in [3.63, 3.8) is 0 Å². The molecule has 24 heavy (non-hydrogen) atoms. The molecule has 2 rings (SSSR count). The van der Waals surface area contributed by atoms with Gasteiger partial charge in [0.25, 0.3) is 0 Å². The van der Waals surface area contributed by atoms with E-state index in [2.05, 4.69) is 24.5 Å².